The number of carbonyl (C=O) groups excluding carboxylic acids is 2. The average molecular weight is 464 g/mol. The van der Waals surface area contributed by atoms with Crippen LogP contribution in [0.3, 0.4) is 0 Å². The molecule has 3 aromatic carbocycles. The van der Waals surface area contributed by atoms with Crippen LogP contribution in [0.1, 0.15) is 17.2 Å². The average Bonchev–Trinajstić information content (AvgIpc) is 2.86. The lowest BCUT2D eigenvalue weighted by atomic mass is 9.99. The van der Waals surface area contributed by atoms with Crippen LogP contribution in [-0.2, 0) is 20.9 Å². The Morgan fingerprint density at radius 1 is 1.09 bits per heavy atom. The number of ether oxygens (including phenoxy) is 2. The molecule has 0 aromatic heterocycles. The normalized spacial score (nSPS) is 16.7. The number of aliphatic hydroxyl groups is 1. The molecule has 0 bridgehead atoms. The molecule has 2 amide bonds. The number of hydrogen-bond donors (Lipinski definition) is 2. The van der Waals surface area contributed by atoms with E-state index in [4.69, 9.17) is 9.47 Å². The third-order valence-electron chi connectivity index (χ3n) is 5.51. The molecule has 2 atom stereocenters. The molecule has 1 fully saturated rings. The number of nitrogens with one attached hydrogen (secondary N) is 1. The lowest BCUT2D eigenvalue weighted by Crippen LogP contribution is -2.51. The fourth-order valence-corrected chi connectivity index (χ4v) is 3.73. The second-order valence-corrected chi connectivity index (χ2v) is 7.95. The van der Waals surface area contributed by atoms with Gasteiger partial charge in [0.05, 0.1) is 12.6 Å². The number of para-hydroxylation sites is 1. The highest BCUT2D eigenvalue weighted by atomic mass is 19.1. The molecule has 1 aliphatic heterocycles. The summed E-state index contributed by atoms with van der Waals surface area (Å²) in [6.07, 6.45) is -1.00. The van der Waals surface area contributed by atoms with Crippen LogP contribution in [0.25, 0.3) is 0 Å². The first kappa shape index (κ1) is 23.4. The van der Waals surface area contributed by atoms with Gasteiger partial charge in [0.15, 0.2) is 6.61 Å². The maximum Gasteiger partial charge on any atom is 0.262 e. The Morgan fingerprint density at radius 3 is 2.50 bits per heavy atom. The molecule has 0 spiro atoms. The number of amides is 2. The topological polar surface area (TPSA) is 88.1 Å². The van der Waals surface area contributed by atoms with Crippen LogP contribution in [0.2, 0.25) is 0 Å². The number of carbonyl (C=O) groups is 2. The first-order chi connectivity index (χ1) is 16.5. The molecular formula is C26H25FN2O5. The number of anilines is 1. The van der Waals surface area contributed by atoms with Gasteiger partial charge in [-0.1, -0.05) is 42.5 Å². The van der Waals surface area contributed by atoms with E-state index >= 15 is 0 Å². The number of halogens is 1. The fraction of sp³-hybridized carbons (Fsp3) is 0.231. The molecule has 0 saturated carbocycles. The SMILES string of the molecule is O=C(COc1ccccc1)Nc1ccc(C(O)C2COCC(=O)N2Cc2ccc(F)cc2)cc1. The number of hydrogen-bond acceptors (Lipinski definition) is 5. The van der Waals surface area contributed by atoms with Crippen LogP contribution in [0.4, 0.5) is 10.1 Å². The van der Waals surface area contributed by atoms with Crippen molar-refractivity contribution in [3.8, 4) is 5.75 Å². The summed E-state index contributed by atoms with van der Waals surface area (Å²) in [5, 5.41) is 13.7. The second kappa shape index (κ2) is 10.9. The molecule has 8 heteroatoms. The molecule has 0 aliphatic carbocycles. The van der Waals surface area contributed by atoms with Crippen molar-refractivity contribution in [2.24, 2.45) is 0 Å². The minimum Gasteiger partial charge on any atom is -0.484 e. The Morgan fingerprint density at radius 2 is 1.79 bits per heavy atom. The molecule has 1 aliphatic rings. The molecule has 0 radical (unpaired) electrons. The lowest BCUT2D eigenvalue weighted by molar-refractivity contribution is -0.155. The van der Waals surface area contributed by atoms with Gasteiger partial charge in [0, 0.05) is 12.2 Å². The van der Waals surface area contributed by atoms with Gasteiger partial charge in [0.2, 0.25) is 5.91 Å². The first-order valence-electron chi connectivity index (χ1n) is 10.9. The van der Waals surface area contributed by atoms with Crippen molar-refractivity contribution in [3.05, 3.63) is 95.8 Å². The van der Waals surface area contributed by atoms with Crippen LogP contribution in [-0.4, -0.2) is 47.7 Å². The van der Waals surface area contributed by atoms with Gasteiger partial charge in [-0.2, -0.15) is 0 Å². The third kappa shape index (κ3) is 5.98. The minimum atomic E-state index is -1.00. The Balaban J connectivity index is 1.38. The van der Waals surface area contributed by atoms with E-state index in [1.165, 1.54) is 12.1 Å². The van der Waals surface area contributed by atoms with Crippen molar-refractivity contribution in [1.82, 2.24) is 4.90 Å². The monoisotopic (exact) mass is 464 g/mol. The van der Waals surface area contributed by atoms with Crippen LogP contribution in [0, 0.1) is 5.82 Å². The number of aliphatic hydroxyl groups excluding tert-OH is 1. The maximum atomic E-state index is 13.2. The van der Waals surface area contributed by atoms with Gasteiger partial charge >= 0.3 is 0 Å². The zero-order valence-corrected chi connectivity index (χ0v) is 18.4. The summed E-state index contributed by atoms with van der Waals surface area (Å²) < 4.78 is 24.0. The van der Waals surface area contributed by atoms with E-state index in [-0.39, 0.29) is 44.0 Å². The quantitative estimate of drug-likeness (QED) is 0.534. The second-order valence-electron chi connectivity index (χ2n) is 7.95. The maximum absolute atomic E-state index is 13.2. The van der Waals surface area contributed by atoms with E-state index in [0.717, 1.165) is 5.56 Å². The zero-order valence-electron chi connectivity index (χ0n) is 18.4. The molecule has 3 aromatic rings. The van der Waals surface area contributed by atoms with E-state index in [2.05, 4.69) is 5.32 Å². The van der Waals surface area contributed by atoms with Gasteiger partial charge in [0.1, 0.15) is 24.3 Å². The van der Waals surface area contributed by atoms with Crippen molar-refractivity contribution in [3.63, 3.8) is 0 Å². The summed E-state index contributed by atoms with van der Waals surface area (Å²) >= 11 is 0. The van der Waals surface area contributed by atoms with E-state index in [9.17, 15) is 19.1 Å². The molecular weight excluding hydrogens is 439 g/mol. The highest BCUT2D eigenvalue weighted by molar-refractivity contribution is 5.91. The van der Waals surface area contributed by atoms with Crippen molar-refractivity contribution < 1.29 is 28.6 Å². The van der Waals surface area contributed by atoms with E-state index < -0.39 is 12.1 Å². The minimum absolute atomic E-state index is 0.0690. The van der Waals surface area contributed by atoms with Crippen LogP contribution < -0.4 is 10.1 Å². The van der Waals surface area contributed by atoms with Gasteiger partial charge in [-0.3, -0.25) is 9.59 Å². The molecule has 1 heterocycles. The van der Waals surface area contributed by atoms with Crippen molar-refractivity contribution in [1.29, 1.82) is 0 Å². The van der Waals surface area contributed by atoms with Crippen molar-refractivity contribution >= 4 is 17.5 Å². The summed E-state index contributed by atoms with van der Waals surface area (Å²) in [6.45, 7) is 0.206. The summed E-state index contributed by atoms with van der Waals surface area (Å²) in [5.74, 6) is -0.311. The summed E-state index contributed by atoms with van der Waals surface area (Å²) in [4.78, 5) is 26.2. The molecule has 4 rings (SSSR count). The number of morpholine rings is 1. The van der Waals surface area contributed by atoms with Crippen LogP contribution in [0.5, 0.6) is 5.75 Å². The van der Waals surface area contributed by atoms with E-state index in [0.29, 0.717) is 17.0 Å². The zero-order chi connectivity index (χ0) is 23.9. The van der Waals surface area contributed by atoms with E-state index in [1.54, 1.807) is 53.4 Å². The Labute approximate surface area is 196 Å². The number of nitrogens with zero attached hydrogens (tertiary/aromatic N) is 1. The molecule has 176 valence electrons. The van der Waals surface area contributed by atoms with Gasteiger partial charge in [-0.25, -0.2) is 4.39 Å². The molecule has 1 saturated heterocycles. The van der Waals surface area contributed by atoms with Gasteiger partial charge in [-0.15, -0.1) is 0 Å². The van der Waals surface area contributed by atoms with Crippen LogP contribution in [0.15, 0.2) is 78.9 Å². The Bertz CT molecular complexity index is 1110. The summed E-state index contributed by atoms with van der Waals surface area (Å²) in [6, 6.07) is 21.1. The van der Waals surface area contributed by atoms with Gasteiger partial charge < -0.3 is 24.8 Å². The highest BCUT2D eigenvalue weighted by Crippen LogP contribution is 2.27. The largest absolute Gasteiger partial charge is 0.484 e. The predicted octanol–water partition coefficient (Wildman–Crippen LogP) is 3.30. The molecule has 2 unspecified atom stereocenters. The Hall–Kier alpha value is -3.75. The molecule has 34 heavy (non-hydrogen) atoms. The fourth-order valence-electron chi connectivity index (χ4n) is 3.73. The number of rotatable bonds is 8. The summed E-state index contributed by atoms with van der Waals surface area (Å²) in [7, 11) is 0. The van der Waals surface area contributed by atoms with Crippen molar-refractivity contribution in [2.45, 2.75) is 18.7 Å². The van der Waals surface area contributed by atoms with Gasteiger partial charge in [0.25, 0.3) is 5.91 Å². The standard InChI is InChI=1S/C26H25FN2O5/c27-20-10-6-18(7-11-20)14-29-23(15-33-17-25(29)31)26(32)19-8-12-21(13-9-19)28-24(30)16-34-22-4-2-1-3-5-22/h1-13,23,26,32H,14-17H2,(H,28,30). The third-order valence-corrected chi connectivity index (χ3v) is 5.51. The molecule has 2 N–H and O–H groups in total. The van der Waals surface area contributed by atoms with E-state index in [1.807, 2.05) is 18.2 Å². The predicted molar refractivity (Wildman–Crippen MR) is 124 cm³/mol. The van der Waals surface area contributed by atoms with Gasteiger partial charge in [-0.05, 0) is 47.5 Å². The lowest BCUT2D eigenvalue weighted by Gasteiger charge is -2.38. The smallest absolute Gasteiger partial charge is 0.262 e. The number of benzene rings is 3. The summed E-state index contributed by atoms with van der Waals surface area (Å²) in [5.41, 5.74) is 1.88. The van der Waals surface area contributed by atoms with Crippen LogP contribution >= 0.6 is 0 Å². The highest BCUT2D eigenvalue weighted by Gasteiger charge is 2.34. The van der Waals surface area contributed by atoms with Crippen molar-refractivity contribution in [2.75, 3.05) is 25.1 Å². The first-order valence-corrected chi connectivity index (χ1v) is 10.9. The Kier molecular flexibility index (Phi) is 7.51. The molecule has 7 nitrogen and oxygen atoms in total.